The SMILES string of the molecule is Cc1cc([N+](=O)[O-])c(C)cc1NS(=O)(=O)CBr. The van der Waals surface area contributed by atoms with E-state index in [4.69, 9.17) is 0 Å². The van der Waals surface area contributed by atoms with Gasteiger partial charge in [-0.05, 0) is 25.5 Å². The highest BCUT2D eigenvalue weighted by molar-refractivity contribution is 9.10. The van der Waals surface area contributed by atoms with Crippen molar-refractivity contribution in [2.75, 3.05) is 9.38 Å². The first kappa shape index (κ1) is 13.9. The van der Waals surface area contributed by atoms with Crippen molar-refractivity contribution >= 4 is 37.3 Å². The van der Waals surface area contributed by atoms with Gasteiger partial charge in [-0.15, -0.1) is 0 Å². The Morgan fingerprint density at radius 3 is 2.41 bits per heavy atom. The Kier molecular flexibility index (Phi) is 4.10. The second kappa shape index (κ2) is 5.01. The molecule has 0 aliphatic heterocycles. The lowest BCUT2D eigenvalue weighted by molar-refractivity contribution is -0.385. The molecule has 0 aliphatic rings. The van der Waals surface area contributed by atoms with E-state index in [2.05, 4.69) is 20.7 Å². The van der Waals surface area contributed by atoms with Gasteiger partial charge in [-0.2, -0.15) is 0 Å². The summed E-state index contributed by atoms with van der Waals surface area (Å²) in [6, 6.07) is 2.80. The molecule has 0 saturated heterocycles. The van der Waals surface area contributed by atoms with Crippen molar-refractivity contribution in [2.24, 2.45) is 0 Å². The van der Waals surface area contributed by atoms with Crippen molar-refractivity contribution in [1.82, 2.24) is 0 Å². The average molecular weight is 323 g/mol. The van der Waals surface area contributed by atoms with Gasteiger partial charge in [-0.3, -0.25) is 14.8 Å². The quantitative estimate of drug-likeness (QED) is 0.523. The zero-order chi connectivity index (χ0) is 13.2. The van der Waals surface area contributed by atoms with Crippen molar-refractivity contribution < 1.29 is 13.3 Å². The number of benzene rings is 1. The molecule has 0 amide bonds. The van der Waals surface area contributed by atoms with E-state index in [1.807, 2.05) is 0 Å². The lowest BCUT2D eigenvalue weighted by Gasteiger charge is -2.09. The van der Waals surface area contributed by atoms with Crippen LogP contribution in [0.25, 0.3) is 0 Å². The average Bonchev–Trinajstić information content (AvgIpc) is 2.22. The molecule has 0 fully saturated rings. The second-order valence-corrected chi connectivity index (χ2v) is 6.56. The molecule has 0 heterocycles. The van der Waals surface area contributed by atoms with Gasteiger partial charge in [-0.1, -0.05) is 15.9 Å². The fraction of sp³-hybridized carbons (Fsp3) is 0.333. The lowest BCUT2D eigenvalue weighted by Crippen LogP contribution is -2.14. The molecule has 0 radical (unpaired) electrons. The standard InChI is InChI=1S/C9H11BrN2O4S/c1-6-4-9(12(13)14)7(2)3-8(6)11-17(15,16)5-10/h3-4,11H,5H2,1-2H3. The monoisotopic (exact) mass is 322 g/mol. The Balaban J connectivity index is 3.21. The van der Waals surface area contributed by atoms with Crippen LogP contribution in [-0.2, 0) is 10.0 Å². The van der Waals surface area contributed by atoms with Crippen LogP contribution in [0.3, 0.4) is 0 Å². The van der Waals surface area contributed by atoms with Gasteiger partial charge in [0, 0.05) is 11.6 Å². The molecule has 1 aromatic carbocycles. The van der Waals surface area contributed by atoms with Gasteiger partial charge in [0.25, 0.3) is 5.69 Å². The van der Waals surface area contributed by atoms with Crippen LogP contribution >= 0.6 is 15.9 Å². The van der Waals surface area contributed by atoms with Crippen molar-refractivity contribution in [3.63, 3.8) is 0 Å². The maximum atomic E-state index is 11.4. The van der Waals surface area contributed by atoms with Crippen LogP contribution in [0.4, 0.5) is 11.4 Å². The smallest absolute Gasteiger partial charge is 0.272 e. The maximum absolute atomic E-state index is 11.4. The number of rotatable bonds is 4. The first-order valence-electron chi connectivity index (χ1n) is 4.59. The van der Waals surface area contributed by atoms with Crippen LogP contribution in [0.15, 0.2) is 12.1 Å². The number of nitro benzene ring substituents is 1. The highest BCUT2D eigenvalue weighted by atomic mass is 79.9. The van der Waals surface area contributed by atoms with Crippen molar-refractivity contribution in [1.29, 1.82) is 0 Å². The third-order valence-corrected chi connectivity index (χ3v) is 4.78. The van der Waals surface area contributed by atoms with Crippen LogP contribution in [0.5, 0.6) is 0 Å². The molecule has 0 spiro atoms. The normalized spacial score (nSPS) is 11.2. The van der Waals surface area contributed by atoms with Crippen molar-refractivity contribution in [2.45, 2.75) is 13.8 Å². The van der Waals surface area contributed by atoms with Crippen LogP contribution in [0.1, 0.15) is 11.1 Å². The van der Waals surface area contributed by atoms with Gasteiger partial charge in [0.1, 0.15) is 4.66 Å². The van der Waals surface area contributed by atoms with E-state index in [-0.39, 0.29) is 10.3 Å². The third kappa shape index (κ3) is 3.40. The summed E-state index contributed by atoms with van der Waals surface area (Å²) in [5.74, 6) is 0. The Labute approximate surface area is 107 Å². The molecule has 94 valence electrons. The number of nitrogens with zero attached hydrogens (tertiary/aromatic N) is 1. The first-order chi connectivity index (χ1) is 7.76. The number of hydrogen-bond donors (Lipinski definition) is 1. The van der Waals surface area contributed by atoms with E-state index in [1.54, 1.807) is 13.8 Å². The molecule has 0 aromatic heterocycles. The summed E-state index contributed by atoms with van der Waals surface area (Å²) in [7, 11) is -3.45. The summed E-state index contributed by atoms with van der Waals surface area (Å²) < 4.78 is 24.8. The number of sulfonamides is 1. The summed E-state index contributed by atoms with van der Waals surface area (Å²) >= 11 is 2.85. The minimum absolute atomic E-state index is 0.0238. The predicted molar refractivity (Wildman–Crippen MR) is 68.9 cm³/mol. The Hall–Kier alpha value is -1.15. The van der Waals surface area contributed by atoms with Gasteiger partial charge in [0.05, 0.1) is 10.6 Å². The molecule has 0 aliphatic carbocycles. The predicted octanol–water partition coefficient (Wildman–Crippen LogP) is 2.31. The van der Waals surface area contributed by atoms with Gasteiger partial charge >= 0.3 is 0 Å². The van der Waals surface area contributed by atoms with Gasteiger partial charge in [-0.25, -0.2) is 8.42 Å². The molecule has 1 rings (SSSR count). The van der Waals surface area contributed by atoms with Gasteiger partial charge in [0.2, 0.25) is 10.0 Å². The van der Waals surface area contributed by atoms with E-state index in [9.17, 15) is 18.5 Å². The van der Waals surface area contributed by atoms with E-state index in [1.165, 1.54) is 12.1 Å². The van der Waals surface area contributed by atoms with Crippen LogP contribution < -0.4 is 4.72 Å². The lowest BCUT2D eigenvalue weighted by atomic mass is 10.1. The Morgan fingerprint density at radius 1 is 1.35 bits per heavy atom. The molecule has 0 unspecified atom stereocenters. The summed E-state index contributed by atoms with van der Waals surface area (Å²) in [5.41, 5.74) is 1.25. The number of hydrogen-bond acceptors (Lipinski definition) is 4. The fourth-order valence-electron chi connectivity index (χ4n) is 1.30. The molecule has 1 N–H and O–H groups in total. The second-order valence-electron chi connectivity index (χ2n) is 3.54. The summed E-state index contributed by atoms with van der Waals surface area (Å²) in [5, 5.41) is 10.7. The van der Waals surface area contributed by atoms with E-state index in [0.29, 0.717) is 16.8 Å². The minimum Gasteiger partial charge on any atom is -0.283 e. The third-order valence-electron chi connectivity index (χ3n) is 2.15. The number of aryl methyl sites for hydroxylation is 2. The Morgan fingerprint density at radius 2 is 1.94 bits per heavy atom. The number of nitro groups is 1. The summed E-state index contributed by atoms with van der Waals surface area (Å²) in [6.45, 7) is 3.17. The molecule has 17 heavy (non-hydrogen) atoms. The summed E-state index contributed by atoms with van der Waals surface area (Å²) in [6.07, 6.45) is 0. The zero-order valence-corrected chi connectivity index (χ0v) is 11.6. The molecule has 1 aromatic rings. The van der Waals surface area contributed by atoms with E-state index < -0.39 is 14.9 Å². The molecule has 0 atom stereocenters. The fourth-order valence-corrected chi connectivity index (χ4v) is 2.26. The van der Waals surface area contributed by atoms with Crippen LogP contribution in [0.2, 0.25) is 0 Å². The number of nitrogens with one attached hydrogen (secondary N) is 1. The van der Waals surface area contributed by atoms with Gasteiger partial charge < -0.3 is 0 Å². The van der Waals surface area contributed by atoms with Crippen LogP contribution in [-0.4, -0.2) is 18.0 Å². The topological polar surface area (TPSA) is 89.3 Å². The largest absolute Gasteiger partial charge is 0.283 e. The number of alkyl halides is 1. The maximum Gasteiger partial charge on any atom is 0.272 e. The van der Waals surface area contributed by atoms with E-state index >= 15 is 0 Å². The Bertz CT molecular complexity index is 556. The highest BCUT2D eigenvalue weighted by Gasteiger charge is 2.16. The molecular formula is C9H11BrN2O4S. The molecule has 8 heteroatoms. The van der Waals surface area contributed by atoms with Crippen molar-refractivity contribution in [3.05, 3.63) is 33.4 Å². The van der Waals surface area contributed by atoms with Crippen LogP contribution in [0, 0.1) is 24.0 Å². The van der Waals surface area contributed by atoms with Gasteiger partial charge in [0.15, 0.2) is 0 Å². The number of anilines is 1. The minimum atomic E-state index is -3.45. The summed E-state index contributed by atoms with van der Waals surface area (Å²) in [4.78, 5) is 10.2. The molecule has 0 bridgehead atoms. The molecule has 0 saturated carbocycles. The molecular weight excluding hydrogens is 312 g/mol. The molecule has 6 nitrogen and oxygen atoms in total. The van der Waals surface area contributed by atoms with Crippen molar-refractivity contribution in [3.8, 4) is 0 Å². The highest BCUT2D eigenvalue weighted by Crippen LogP contribution is 2.26. The first-order valence-corrected chi connectivity index (χ1v) is 7.36. The van der Waals surface area contributed by atoms with E-state index in [0.717, 1.165) is 0 Å². The zero-order valence-electron chi connectivity index (χ0n) is 9.23. The number of halogens is 1.